The highest BCUT2D eigenvalue weighted by Gasteiger charge is 2.24. The summed E-state index contributed by atoms with van der Waals surface area (Å²) in [6.45, 7) is 7.31. The van der Waals surface area contributed by atoms with Crippen molar-refractivity contribution in [2.24, 2.45) is 0 Å². The highest BCUT2D eigenvalue weighted by molar-refractivity contribution is 9.10. The van der Waals surface area contributed by atoms with Gasteiger partial charge in [0, 0.05) is 19.3 Å². The molecule has 0 aliphatic carbocycles. The van der Waals surface area contributed by atoms with Crippen LogP contribution >= 0.6 is 15.9 Å². The highest BCUT2D eigenvalue weighted by atomic mass is 79.9. The van der Waals surface area contributed by atoms with E-state index in [9.17, 15) is 4.79 Å². The molecule has 0 bridgehead atoms. The van der Waals surface area contributed by atoms with Gasteiger partial charge in [-0.15, -0.1) is 0 Å². The van der Waals surface area contributed by atoms with Crippen molar-refractivity contribution in [1.29, 1.82) is 0 Å². The summed E-state index contributed by atoms with van der Waals surface area (Å²) >= 11 is 3.57. The predicted molar refractivity (Wildman–Crippen MR) is 104 cm³/mol. The van der Waals surface area contributed by atoms with E-state index in [0.717, 1.165) is 33.4 Å². The van der Waals surface area contributed by atoms with Crippen LogP contribution in [0.5, 0.6) is 0 Å². The van der Waals surface area contributed by atoms with Crippen molar-refractivity contribution >= 4 is 27.5 Å². The molecule has 0 spiro atoms. The number of benzene rings is 1. The molecule has 0 atom stereocenters. The Morgan fingerprint density at radius 1 is 1.24 bits per heavy atom. The van der Waals surface area contributed by atoms with Crippen molar-refractivity contribution in [1.82, 2.24) is 14.3 Å². The molecule has 25 heavy (non-hydrogen) atoms. The van der Waals surface area contributed by atoms with Crippen LogP contribution in [0.25, 0.3) is 5.65 Å². The number of imidazole rings is 1. The maximum atomic E-state index is 13.3. The number of aromatic nitrogens is 2. The maximum absolute atomic E-state index is 13.3. The minimum atomic E-state index is 0.0215. The number of hydrogen-bond acceptors (Lipinski definition) is 2. The fourth-order valence-electron chi connectivity index (χ4n) is 3.03. The van der Waals surface area contributed by atoms with Crippen molar-refractivity contribution in [3.63, 3.8) is 0 Å². The Morgan fingerprint density at radius 3 is 2.60 bits per heavy atom. The van der Waals surface area contributed by atoms with E-state index in [1.165, 1.54) is 0 Å². The van der Waals surface area contributed by atoms with Gasteiger partial charge in [-0.1, -0.05) is 37.3 Å². The van der Waals surface area contributed by atoms with Crippen LogP contribution in [0.15, 0.2) is 47.1 Å². The molecule has 0 N–H and O–H groups in total. The number of pyridine rings is 1. The number of hydrogen-bond donors (Lipinski definition) is 0. The number of halogens is 1. The zero-order valence-corrected chi connectivity index (χ0v) is 16.4. The van der Waals surface area contributed by atoms with Gasteiger partial charge in [0.1, 0.15) is 5.69 Å². The second-order valence-corrected chi connectivity index (χ2v) is 6.98. The molecule has 0 aliphatic heterocycles. The third-order valence-corrected chi connectivity index (χ3v) is 4.89. The molecular weight excluding hydrogens is 378 g/mol. The number of aryl methyl sites for hydroxylation is 2. The summed E-state index contributed by atoms with van der Waals surface area (Å²) in [6.07, 6.45) is 2.70. The lowest BCUT2D eigenvalue weighted by atomic mass is 10.2. The van der Waals surface area contributed by atoms with Crippen LogP contribution in [0.3, 0.4) is 0 Å². The van der Waals surface area contributed by atoms with Gasteiger partial charge in [0.25, 0.3) is 5.91 Å². The molecule has 2 heterocycles. The fourth-order valence-corrected chi connectivity index (χ4v) is 3.67. The predicted octanol–water partition coefficient (Wildman–Crippen LogP) is 4.63. The lowest BCUT2D eigenvalue weighted by Gasteiger charge is -2.21. The van der Waals surface area contributed by atoms with E-state index in [-0.39, 0.29) is 5.91 Å². The van der Waals surface area contributed by atoms with Crippen molar-refractivity contribution in [3.05, 3.63) is 69.6 Å². The van der Waals surface area contributed by atoms with Gasteiger partial charge in [-0.3, -0.25) is 9.20 Å². The maximum Gasteiger partial charge on any atom is 0.273 e. The number of fused-ring (bicyclic) bond motifs is 1. The Hall–Kier alpha value is -2.14. The highest BCUT2D eigenvalue weighted by Crippen LogP contribution is 2.24. The minimum absolute atomic E-state index is 0.0215. The first-order valence-corrected chi connectivity index (χ1v) is 9.34. The largest absolute Gasteiger partial charge is 0.333 e. The Balaban J connectivity index is 2.05. The first kappa shape index (κ1) is 17.7. The SMILES string of the molecule is CCc1nc2c(Br)cc(C)cn2c1C(=O)N(CC)Cc1ccccc1. The number of carbonyl (C=O) groups excluding carboxylic acids is 1. The molecule has 0 unspecified atom stereocenters. The summed E-state index contributed by atoms with van der Waals surface area (Å²) in [6, 6.07) is 12.1. The molecule has 1 aromatic carbocycles. The summed E-state index contributed by atoms with van der Waals surface area (Å²) in [5.41, 5.74) is 4.51. The summed E-state index contributed by atoms with van der Waals surface area (Å²) in [5, 5.41) is 0. The van der Waals surface area contributed by atoms with E-state index in [2.05, 4.69) is 20.9 Å². The van der Waals surface area contributed by atoms with Crippen LogP contribution in [-0.4, -0.2) is 26.7 Å². The normalized spacial score (nSPS) is 11.0. The Morgan fingerprint density at radius 2 is 1.96 bits per heavy atom. The minimum Gasteiger partial charge on any atom is -0.333 e. The van der Waals surface area contributed by atoms with Gasteiger partial charge >= 0.3 is 0 Å². The van der Waals surface area contributed by atoms with Crippen LogP contribution in [0.1, 0.15) is 41.2 Å². The van der Waals surface area contributed by atoms with E-state index in [0.29, 0.717) is 18.8 Å². The third kappa shape index (κ3) is 3.47. The summed E-state index contributed by atoms with van der Waals surface area (Å²) in [4.78, 5) is 19.9. The van der Waals surface area contributed by atoms with E-state index in [4.69, 9.17) is 0 Å². The lowest BCUT2D eigenvalue weighted by molar-refractivity contribution is 0.0744. The Kier molecular flexibility index (Phi) is 5.23. The zero-order chi connectivity index (χ0) is 18.0. The molecule has 4 nitrogen and oxygen atoms in total. The lowest BCUT2D eigenvalue weighted by Crippen LogP contribution is -2.32. The third-order valence-electron chi connectivity index (χ3n) is 4.31. The average Bonchev–Trinajstić information content (AvgIpc) is 2.98. The van der Waals surface area contributed by atoms with Gasteiger partial charge in [-0.05, 0) is 53.4 Å². The molecule has 0 fully saturated rings. The standard InChI is InChI=1S/C20H22BrN3O/c1-4-17-18(24-12-14(3)11-16(21)19(24)22-17)20(25)23(5-2)13-15-9-7-6-8-10-15/h6-12H,4-5,13H2,1-3H3. The van der Waals surface area contributed by atoms with Crippen molar-refractivity contribution in [2.45, 2.75) is 33.7 Å². The summed E-state index contributed by atoms with van der Waals surface area (Å²) in [7, 11) is 0. The molecule has 3 aromatic rings. The van der Waals surface area contributed by atoms with Gasteiger partial charge in [0.2, 0.25) is 0 Å². The monoisotopic (exact) mass is 399 g/mol. The van der Waals surface area contributed by atoms with Gasteiger partial charge < -0.3 is 4.90 Å². The van der Waals surface area contributed by atoms with E-state index in [1.54, 1.807) is 0 Å². The molecule has 0 saturated heterocycles. The van der Waals surface area contributed by atoms with Crippen LogP contribution in [0, 0.1) is 6.92 Å². The topological polar surface area (TPSA) is 37.6 Å². The fraction of sp³-hybridized carbons (Fsp3) is 0.300. The van der Waals surface area contributed by atoms with Gasteiger partial charge in [-0.25, -0.2) is 4.98 Å². The van der Waals surface area contributed by atoms with Crippen LogP contribution in [0.2, 0.25) is 0 Å². The van der Waals surface area contributed by atoms with Crippen molar-refractivity contribution in [2.75, 3.05) is 6.54 Å². The first-order valence-electron chi connectivity index (χ1n) is 8.55. The Bertz CT molecular complexity index is 902. The van der Waals surface area contributed by atoms with Crippen LogP contribution < -0.4 is 0 Å². The average molecular weight is 400 g/mol. The van der Waals surface area contributed by atoms with Gasteiger partial charge in [0.15, 0.2) is 5.65 Å². The molecule has 1 amide bonds. The molecule has 0 aliphatic rings. The molecular formula is C20H22BrN3O. The molecule has 0 radical (unpaired) electrons. The molecule has 0 saturated carbocycles. The Labute approximate surface area is 156 Å². The molecule has 2 aromatic heterocycles. The van der Waals surface area contributed by atoms with Crippen molar-refractivity contribution < 1.29 is 4.79 Å². The van der Waals surface area contributed by atoms with E-state index in [1.807, 2.05) is 72.7 Å². The second-order valence-electron chi connectivity index (χ2n) is 6.12. The number of nitrogens with zero attached hydrogens (tertiary/aromatic N) is 3. The second kappa shape index (κ2) is 7.40. The van der Waals surface area contributed by atoms with Gasteiger partial charge in [0.05, 0.1) is 10.2 Å². The molecule has 3 rings (SSSR count). The van der Waals surface area contributed by atoms with E-state index < -0.39 is 0 Å². The first-order chi connectivity index (χ1) is 12.0. The molecule has 5 heteroatoms. The smallest absolute Gasteiger partial charge is 0.273 e. The number of rotatable bonds is 5. The van der Waals surface area contributed by atoms with Crippen LogP contribution in [-0.2, 0) is 13.0 Å². The summed E-state index contributed by atoms with van der Waals surface area (Å²) in [5.74, 6) is 0.0215. The zero-order valence-electron chi connectivity index (χ0n) is 14.8. The number of amides is 1. The number of carbonyl (C=O) groups is 1. The molecule has 130 valence electrons. The summed E-state index contributed by atoms with van der Waals surface area (Å²) < 4.78 is 2.83. The van der Waals surface area contributed by atoms with E-state index >= 15 is 0 Å². The van der Waals surface area contributed by atoms with Crippen molar-refractivity contribution in [3.8, 4) is 0 Å². The van der Waals surface area contributed by atoms with Crippen LogP contribution in [0.4, 0.5) is 0 Å². The van der Waals surface area contributed by atoms with Gasteiger partial charge in [-0.2, -0.15) is 0 Å². The quantitative estimate of drug-likeness (QED) is 0.626.